The molecule has 1 atom stereocenters. The molecule has 2 heterocycles. The zero-order valence-corrected chi connectivity index (χ0v) is 16.4. The molecule has 8 heteroatoms. The lowest BCUT2D eigenvalue weighted by atomic mass is 10.1. The zero-order chi connectivity index (χ0) is 19.9. The second kappa shape index (κ2) is 9.14. The van der Waals surface area contributed by atoms with Crippen LogP contribution in [-0.2, 0) is 0 Å². The van der Waals surface area contributed by atoms with E-state index in [1.807, 2.05) is 38.1 Å². The number of hydrazone groups is 1. The lowest BCUT2D eigenvalue weighted by molar-refractivity contribution is 0.102. The van der Waals surface area contributed by atoms with Crippen LogP contribution in [0, 0.1) is 6.92 Å². The molecule has 0 radical (unpaired) electrons. The molecule has 3 rings (SSSR count). The third-order valence-electron chi connectivity index (χ3n) is 4.05. The Balaban J connectivity index is 1.58. The predicted molar refractivity (Wildman–Crippen MR) is 113 cm³/mol. The monoisotopic (exact) mass is 396 g/mol. The van der Waals surface area contributed by atoms with Crippen molar-refractivity contribution < 1.29 is 4.79 Å². The molecule has 2 aromatic rings. The van der Waals surface area contributed by atoms with Gasteiger partial charge in [-0.25, -0.2) is 4.99 Å². The number of hydrogen-bond donors (Lipinski definition) is 3. The van der Waals surface area contributed by atoms with Crippen LogP contribution >= 0.6 is 11.6 Å². The molecule has 1 aromatic carbocycles. The molecule has 28 heavy (non-hydrogen) atoms. The van der Waals surface area contributed by atoms with Crippen molar-refractivity contribution in [2.45, 2.75) is 26.3 Å². The number of aromatic nitrogens is 1. The minimum absolute atomic E-state index is 0.0327. The number of nitrogens with zero attached hydrogens (tertiary/aromatic N) is 3. The van der Waals surface area contributed by atoms with Crippen molar-refractivity contribution in [3.8, 4) is 0 Å². The zero-order valence-electron chi connectivity index (χ0n) is 15.6. The largest absolute Gasteiger partial charge is 0.383 e. The lowest BCUT2D eigenvalue weighted by Gasteiger charge is -2.14. The molecule has 0 aliphatic carbocycles. The summed E-state index contributed by atoms with van der Waals surface area (Å²) in [7, 11) is 0. The summed E-state index contributed by atoms with van der Waals surface area (Å²) >= 11 is 5.78. The summed E-state index contributed by atoms with van der Waals surface area (Å²) in [6.45, 7) is 3.93. The highest BCUT2D eigenvalue weighted by atomic mass is 35.5. The third kappa shape index (κ3) is 5.40. The quantitative estimate of drug-likeness (QED) is 0.694. The predicted octanol–water partition coefficient (Wildman–Crippen LogP) is 3.71. The first-order valence-corrected chi connectivity index (χ1v) is 9.18. The molecule has 1 aliphatic heterocycles. The first-order valence-electron chi connectivity index (χ1n) is 8.80. The van der Waals surface area contributed by atoms with E-state index in [4.69, 9.17) is 11.6 Å². The minimum atomic E-state index is -0.186. The van der Waals surface area contributed by atoms with Crippen molar-refractivity contribution in [3.05, 3.63) is 71.8 Å². The Bertz CT molecular complexity index is 953. The van der Waals surface area contributed by atoms with Crippen LogP contribution in [0.1, 0.15) is 40.9 Å². The maximum absolute atomic E-state index is 12.4. The fourth-order valence-corrected chi connectivity index (χ4v) is 2.76. The molecule has 1 unspecified atom stereocenters. The van der Waals surface area contributed by atoms with Crippen LogP contribution in [0.2, 0.25) is 0 Å². The molecule has 1 amide bonds. The van der Waals surface area contributed by atoms with Crippen molar-refractivity contribution in [1.29, 1.82) is 0 Å². The number of nitrogens with one attached hydrogen (secondary N) is 3. The van der Waals surface area contributed by atoms with Gasteiger partial charge >= 0.3 is 0 Å². The van der Waals surface area contributed by atoms with Crippen LogP contribution in [0.5, 0.6) is 0 Å². The molecule has 0 fully saturated rings. The average Bonchev–Trinajstić information content (AvgIpc) is 3.10. The summed E-state index contributed by atoms with van der Waals surface area (Å²) in [5, 5.41) is 10.5. The molecule has 7 nitrogen and oxygen atoms in total. The number of amides is 1. The van der Waals surface area contributed by atoms with E-state index in [0.29, 0.717) is 23.0 Å². The topological polar surface area (TPSA) is 90.8 Å². The van der Waals surface area contributed by atoms with Crippen molar-refractivity contribution in [3.63, 3.8) is 0 Å². The van der Waals surface area contributed by atoms with Gasteiger partial charge in [-0.1, -0.05) is 23.7 Å². The number of carbonyl (C=O) groups excluding carboxylic acids is 1. The molecule has 1 aliphatic rings. The fraction of sp³-hybridized carbons (Fsp3) is 0.200. The van der Waals surface area contributed by atoms with Gasteiger partial charge in [0.25, 0.3) is 5.91 Å². The van der Waals surface area contributed by atoms with Gasteiger partial charge in [0.05, 0.1) is 12.0 Å². The Hall–Kier alpha value is -3.19. The lowest BCUT2D eigenvalue weighted by Crippen LogP contribution is -2.14. The van der Waals surface area contributed by atoms with Crippen LogP contribution in [0.3, 0.4) is 0 Å². The molecule has 0 saturated carbocycles. The van der Waals surface area contributed by atoms with E-state index in [9.17, 15) is 4.79 Å². The van der Waals surface area contributed by atoms with Crippen LogP contribution in [0.4, 0.5) is 5.69 Å². The molecule has 144 valence electrons. The van der Waals surface area contributed by atoms with Crippen molar-refractivity contribution in [1.82, 2.24) is 15.7 Å². The van der Waals surface area contributed by atoms with Gasteiger partial charge < -0.3 is 10.6 Å². The number of benzene rings is 1. The SMILES string of the molecule is Cc1cncc(C(=O)Nc2cccc(C(C)NC=CN=C3CC(Cl)=NN3)c2)c1. The highest BCUT2D eigenvalue weighted by Gasteiger charge is 2.10. The van der Waals surface area contributed by atoms with Gasteiger partial charge in [0.15, 0.2) is 0 Å². The Labute approximate surface area is 168 Å². The number of aryl methyl sites for hydroxylation is 1. The number of amidine groups is 1. The Kier molecular flexibility index (Phi) is 6.39. The molecule has 0 spiro atoms. The van der Waals surface area contributed by atoms with Gasteiger partial charge in [-0.2, -0.15) is 5.10 Å². The summed E-state index contributed by atoms with van der Waals surface area (Å²) in [4.78, 5) is 20.7. The summed E-state index contributed by atoms with van der Waals surface area (Å²) in [5.41, 5.74) is 5.98. The molecular formula is C20H21ClN6O. The number of pyridine rings is 1. The van der Waals surface area contributed by atoms with Crippen LogP contribution in [0.25, 0.3) is 0 Å². The Morgan fingerprint density at radius 2 is 2.21 bits per heavy atom. The van der Waals surface area contributed by atoms with Gasteiger partial charge in [0.1, 0.15) is 11.0 Å². The number of rotatable bonds is 6. The second-order valence-electron chi connectivity index (χ2n) is 6.39. The van der Waals surface area contributed by atoms with Gasteiger partial charge in [0, 0.05) is 36.5 Å². The van der Waals surface area contributed by atoms with E-state index < -0.39 is 0 Å². The standard InChI is InChI=1S/C20H21ClN6O/c1-13-8-16(12-22-11-13)20(28)25-17-5-3-4-15(9-17)14(2)23-6-7-24-19-10-18(21)26-27-19/h3-9,11-12,14,23H,10H2,1-2H3,(H,24,27)(H,25,28). The van der Waals surface area contributed by atoms with Gasteiger partial charge in [0.2, 0.25) is 0 Å². The Morgan fingerprint density at radius 1 is 1.36 bits per heavy atom. The number of hydrogen-bond acceptors (Lipinski definition) is 5. The van der Waals surface area contributed by atoms with Gasteiger partial charge in [-0.05, 0) is 43.2 Å². The smallest absolute Gasteiger partial charge is 0.257 e. The molecule has 0 saturated heterocycles. The van der Waals surface area contributed by atoms with Crippen molar-refractivity contribution >= 4 is 34.2 Å². The molecule has 3 N–H and O–H groups in total. The van der Waals surface area contributed by atoms with E-state index in [-0.39, 0.29) is 11.9 Å². The fourth-order valence-electron chi connectivity index (χ4n) is 2.60. The minimum Gasteiger partial charge on any atom is -0.383 e. The number of anilines is 1. The number of carbonyl (C=O) groups is 1. The van der Waals surface area contributed by atoms with Crippen molar-refractivity contribution in [2.24, 2.45) is 10.1 Å². The third-order valence-corrected chi connectivity index (χ3v) is 4.27. The van der Waals surface area contributed by atoms with Crippen LogP contribution in [-0.4, -0.2) is 21.9 Å². The second-order valence-corrected chi connectivity index (χ2v) is 6.82. The maximum Gasteiger partial charge on any atom is 0.257 e. The van der Waals surface area contributed by atoms with Crippen molar-refractivity contribution in [2.75, 3.05) is 5.32 Å². The van der Waals surface area contributed by atoms with Gasteiger partial charge in [-0.15, -0.1) is 0 Å². The summed E-state index contributed by atoms with van der Waals surface area (Å²) in [6.07, 6.45) is 7.20. The summed E-state index contributed by atoms with van der Waals surface area (Å²) in [6, 6.07) is 9.53. The van der Waals surface area contributed by atoms with E-state index in [1.165, 1.54) is 0 Å². The van der Waals surface area contributed by atoms with Crippen LogP contribution < -0.4 is 16.1 Å². The molecule has 0 bridgehead atoms. The number of halogens is 1. The maximum atomic E-state index is 12.4. The summed E-state index contributed by atoms with van der Waals surface area (Å²) < 4.78 is 0. The highest BCUT2D eigenvalue weighted by Crippen LogP contribution is 2.18. The molecular weight excluding hydrogens is 376 g/mol. The van der Waals surface area contributed by atoms with Crippen LogP contribution in [0.15, 0.2) is 65.2 Å². The normalized spacial score (nSPS) is 16.0. The van der Waals surface area contributed by atoms with E-state index >= 15 is 0 Å². The summed E-state index contributed by atoms with van der Waals surface area (Å²) in [5.74, 6) is 0.515. The number of aliphatic imine (C=N–C) groups is 1. The van der Waals surface area contributed by atoms with E-state index in [1.54, 1.807) is 30.9 Å². The average molecular weight is 397 g/mol. The van der Waals surface area contributed by atoms with Gasteiger partial charge in [-0.3, -0.25) is 15.2 Å². The Morgan fingerprint density at radius 3 is 2.96 bits per heavy atom. The molecule has 1 aromatic heterocycles. The highest BCUT2D eigenvalue weighted by molar-refractivity contribution is 6.67. The first-order chi connectivity index (χ1) is 13.5. The van der Waals surface area contributed by atoms with E-state index in [0.717, 1.165) is 16.8 Å². The first kappa shape index (κ1) is 19.6. The van der Waals surface area contributed by atoms with E-state index in [2.05, 4.69) is 31.1 Å².